The van der Waals surface area contributed by atoms with Crippen LogP contribution in [0.25, 0.3) is 0 Å². The largest absolute Gasteiger partial charge is 0.381 e. The van der Waals surface area contributed by atoms with E-state index in [1.54, 1.807) is 0 Å². The maximum atomic E-state index is 6.33. The highest BCUT2D eigenvalue weighted by molar-refractivity contribution is 9.09. The SMILES string of the molecule is CC1CCC(OC2(CBr)CCOCC2)C1. The van der Waals surface area contributed by atoms with Gasteiger partial charge in [0.25, 0.3) is 0 Å². The lowest BCUT2D eigenvalue weighted by atomic mass is 9.96. The van der Waals surface area contributed by atoms with Crippen LogP contribution in [0, 0.1) is 5.92 Å². The Hall–Kier alpha value is 0.400. The van der Waals surface area contributed by atoms with E-state index in [0.717, 1.165) is 37.3 Å². The van der Waals surface area contributed by atoms with Crippen molar-refractivity contribution in [3.8, 4) is 0 Å². The molecular formula is C12H21BrO2. The first-order chi connectivity index (χ1) is 7.24. The van der Waals surface area contributed by atoms with Crippen molar-refractivity contribution in [1.29, 1.82) is 0 Å². The number of hydrogen-bond acceptors (Lipinski definition) is 2. The fourth-order valence-electron chi connectivity index (χ4n) is 2.64. The topological polar surface area (TPSA) is 18.5 Å². The standard InChI is InChI=1S/C12H21BrO2/c1-10-2-3-11(8-10)15-12(9-13)4-6-14-7-5-12/h10-11H,2-9H2,1H3. The second kappa shape index (κ2) is 5.15. The van der Waals surface area contributed by atoms with Crippen molar-refractivity contribution in [2.24, 2.45) is 5.92 Å². The molecular weight excluding hydrogens is 256 g/mol. The van der Waals surface area contributed by atoms with E-state index in [2.05, 4.69) is 22.9 Å². The van der Waals surface area contributed by atoms with Gasteiger partial charge in [0.05, 0.1) is 11.7 Å². The molecule has 2 unspecified atom stereocenters. The van der Waals surface area contributed by atoms with Gasteiger partial charge in [-0.05, 0) is 25.2 Å². The summed E-state index contributed by atoms with van der Waals surface area (Å²) in [5.41, 5.74) is 0.0625. The van der Waals surface area contributed by atoms with E-state index in [0.29, 0.717) is 6.10 Å². The summed E-state index contributed by atoms with van der Waals surface area (Å²) < 4.78 is 11.7. The van der Waals surface area contributed by atoms with Crippen LogP contribution in [0.4, 0.5) is 0 Å². The number of ether oxygens (including phenoxy) is 2. The Labute approximate surface area is 101 Å². The minimum atomic E-state index is 0.0625. The average molecular weight is 277 g/mol. The Morgan fingerprint density at radius 1 is 1.33 bits per heavy atom. The van der Waals surface area contributed by atoms with E-state index in [4.69, 9.17) is 9.47 Å². The van der Waals surface area contributed by atoms with Crippen molar-refractivity contribution in [1.82, 2.24) is 0 Å². The first-order valence-corrected chi connectivity index (χ1v) is 7.18. The summed E-state index contributed by atoms with van der Waals surface area (Å²) in [4.78, 5) is 0. The number of halogens is 1. The number of hydrogen-bond donors (Lipinski definition) is 0. The van der Waals surface area contributed by atoms with Gasteiger partial charge in [0, 0.05) is 31.4 Å². The van der Waals surface area contributed by atoms with E-state index in [1.165, 1.54) is 19.3 Å². The van der Waals surface area contributed by atoms with E-state index in [9.17, 15) is 0 Å². The van der Waals surface area contributed by atoms with E-state index >= 15 is 0 Å². The molecule has 0 aromatic rings. The zero-order chi connectivity index (χ0) is 10.7. The molecule has 15 heavy (non-hydrogen) atoms. The predicted octanol–water partition coefficient (Wildman–Crippen LogP) is 3.14. The van der Waals surface area contributed by atoms with Crippen LogP contribution in [-0.4, -0.2) is 30.2 Å². The molecule has 0 aromatic heterocycles. The smallest absolute Gasteiger partial charge is 0.0826 e. The molecule has 0 N–H and O–H groups in total. The highest BCUT2D eigenvalue weighted by Crippen LogP contribution is 2.35. The van der Waals surface area contributed by atoms with Crippen molar-refractivity contribution < 1.29 is 9.47 Å². The van der Waals surface area contributed by atoms with Crippen LogP contribution in [0.2, 0.25) is 0 Å². The van der Waals surface area contributed by atoms with Crippen LogP contribution >= 0.6 is 15.9 Å². The molecule has 0 spiro atoms. The monoisotopic (exact) mass is 276 g/mol. The van der Waals surface area contributed by atoms with Crippen molar-refractivity contribution in [2.75, 3.05) is 18.5 Å². The van der Waals surface area contributed by atoms with Crippen LogP contribution in [0.1, 0.15) is 39.0 Å². The average Bonchev–Trinajstić information content (AvgIpc) is 2.65. The predicted molar refractivity (Wildman–Crippen MR) is 64.5 cm³/mol. The van der Waals surface area contributed by atoms with Gasteiger partial charge in [-0.3, -0.25) is 0 Å². The number of rotatable bonds is 3. The molecule has 2 nitrogen and oxygen atoms in total. The molecule has 1 heterocycles. The summed E-state index contributed by atoms with van der Waals surface area (Å²) in [6, 6.07) is 0. The quantitative estimate of drug-likeness (QED) is 0.738. The van der Waals surface area contributed by atoms with Gasteiger partial charge >= 0.3 is 0 Å². The zero-order valence-electron chi connectivity index (χ0n) is 9.51. The Morgan fingerprint density at radius 2 is 2.07 bits per heavy atom. The molecule has 1 aliphatic heterocycles. The fraction of sp³-hybridized carbons (Fsp3) is 1.00. The maximum absolute atomic E-state index is 6.33. The van der Waals surface area contributed by atoms with Gasteiger partial charge in [0.1, 0.15) is 0 Å². The van der Waals surface area contributed by atoms with E-state index in [-0.39, 0.29) is 5.60 Å². The Kier molecular flexibility index (Phi) is 4.08. The van der Waals surface area contributed by atoms with Gasteiger partial charge in [0.15, 0.2) is 0 Å². The lowest BCUT2D eigenvalue weighted by molar-refractivity contribution is -0.127. The molecule has 3 heteroatoms. The van der Waals surface area contributed by atoms with Gasteiger partial charge in [-0.1, -0.05) is 22.9 Å². The molecule has 1 saturated carbocycles. The third kappa shape index (κ3) is 2.95. The molecule has 2 atom stereocenters. The van der Waals surface area contributed by atoms with Crippen molar-refractivity contribution in [2.45, 2.75) is 50.7 Å². The van der Waals surface area contributed by atoms with Crippen LogP contribution in [0.3, 0.4) is 0 Å². The summed E-state index contributed by atoms with van der Waals surface area (Å²) in [5, 5.41) is 0.953. The Bertz CT molecular complexity index is 202. The fourth-order valence-corrected chi connectivity index (χ4v) is 3.33. The highest BCUT2D eigenvalue weighted by atomic mass is 79.9. The third-order valence-corrected chi connectivity index (χ3v) is 4.73. The lowest BCUT2D eigenvalue weighted by Gasteiger charge is -2.38. The molecule has 0 radical (unpaired) electrons. The minimum absolute atomic E-state index is 0.0625. The first-order valence-electron chi connectivity index (χ1n) is 6.06. The van der Waals surface area contributed by atoms with Gasteiger partial charge in [-0.25, -0.2) is 0 Å². The van der Waals surface area contributed by atoms with Crippen molar-refractivity contribution in [3.63, 3.8) is 0 Å². The van der Waals surface area contributed by atoms with E-state index in [1.807, 2.05) is 0 Å². The summed E-state index contributed by atoms with van der Waals surface area (Å²) >= 11 is 3.61. The molecule has 2 rings (SSSR count). The third-order valence-electron chi connectivity index (χ3n) is 3.71. The first kappa shape index (κ1) is 11.9. The van der Waals surface area contributed by atoms with Crippen molar-refractivity contribution >= 4 is 15.9 Å². The highest BCUT2D eigenvalue weighted by Gasteiger charge is 2.36. The van der Waals surface area contributed by atoms with Crippen LogP contribution in [-0.2, 0) is 9.47 Å². The second-order valence-electron chi connectivity index (χ2n) is 5.09. The minimum Gasteiger partial charge on any atom is -0.381 e. The Morgan fingerprint density at radius 3 is 2.60 bits per heavy atom. The summed E-state index contributed by atoms with van der Waals surface area (Å²) in [6.07, 6.45) is 6.41. The molecule has 88 valence electrons. The lowest BCUT2D eigenvalue weighted by Crippen LogP contribution is -2.43. The van der Waals surface area contributed by atoms with Crippen LogP contribution < -0.4 is 0 Å². The van der Waals surface area contributed by atoms with Gasteiger partial charge in [-0.2, -0.15) is 0 Å². The normalized spacial score (nSPS) is 35.6. The maximum Gasteiger partial charge on any atom is 0.0826 e. The molecule has 0 aromatic carbocycles. The summed E-state index contributed by atoms with van der Waals surface area (Å²) in [6.45, 7) is 4.04. The summed E-state index contributed by atoms with van der Waals surface area (Å²) in [5.74, 6) is 0.849. The summed E-state index contributed by atoms with van der Waals surface area (Å²) in [7, 11) is 0. The second-order valence-corrected chi connectivity index (χ2v) is 5.65. The molecule has 2 aliphatic rings. The molecule has 2 fully saturated rings. The van der Waals surface area contributed by atoms with Gasteiger partial charge in [-0.15, -0.1) is 0 Å². The van der Waals surface area contributed by atoms with E-state index < -0.39 is 0 Å². The van der Waals surface area contributed by atoms with Gasteiger partial charge < -0.3 is 9.47 Å². The van der Waals surface area contributed by atoms with Gasteiger partial charge in [0.2, 0.25) is 0 Å². The van der Waals surface area contributed by atoms with Crippen LogP contribution in [0.15, 0.2) is 0 Å². The molecule has 1 saturated heterocycles. The zero-order valence-corrected chi connectivity index (χ0v) is 11.1. The Balaban J connectivity index is 1.89. The van der Waals surface area contributed by atoms with Crippen molar-refractivity contribution in [3.05, 3.63) is 0 Å². The molecule has 1 aliphatic carbocycles. The van der Waals surface area contributed by atoms with Crippen LogP contribution in [0.5, 0.6) is 0 Å². The number of alkyl halides is 1. The molecule has 0 amide bonds. The molecule has 0 bridgehead atoms.